The normalized spacial score (nSPS) is 11.6. The Hall–Kier alpha value is -2.02. The van der Waals surface area contributed by atoms with Gasteiger partial charge in [-0.1, -0.05) is 47.1 Å². The van der Waals surface area contributed by atoms with E-state index in [1.54, 1.807) is 63.2 Å². The third-order valence-corrected chi connectivity index (χ3v) is 5.30. The number of benzene rings is 2. The lowest BCUT2D eigenvalue weighted by molar-refractivity contribution is -0.151. The van der Waals surface area contributed by atoms with Crippen LogP contribution in [0.25, 0.3) is 16.6 Å². The van der Waals surface area contributed by atoms with Crippen molar-refractivity contribution in [3.8, 4) is 5.69 Å². The molecule has 146 valence electrons. The average molecular weight is 437 g/mol. The van der Waals surface area contributed by atoms with Crippen molar-refractivity contribution in [1.82, 2.24) is 9.55 Å². The fraction of sp³-hybridized carbons (Fsp3) is 0.250. The fourth-order valence-corrected chi connectivity index (χ4v) is 3.63. The van der Waals surface area contributed by atoms with Crippen LogP contribution in [0.3, 0.4) is 0 Å². The minimum absolute atomic E-state index is 0.0172. The third-order valence-electron chi connectivity index (χ3n) is 3.65. The first-order chi connectivity index (χ1) is 13.2. The summed E-state index contributed by atoms with van der Waals surface area (Å²) in [7, 11) is 0. The number of hydrogen-bond acceptors (Lipinski definition) is 5. The predicted octanol–water partition coefficient (Wildman–Crippen LogP) is 5.13. The van der Waals surface area contributed by atoms with Gasteiger partial charge < -0.3 is 4.74 Å². The number of para-hydroxylation sites is 1. The number of hydrogen-bond donors (Lipinski definition) is 0. The van der Waals surface area contributed by atoms with Crippen LogP contribution in [0, 0.1) is 0 Å². The Morgan fingerprint density at radius 3 is 2.54 bits per heavy atom. The van der Waals surface area contributed by atoms with Gasteiger partial charge in [0.1, 0.15) is 5.60 Å². The minimum atomic E-state index is -0.585. The van der Waals surface area contributed by atoms with Gasteiger partial charge in [-0.3, -0.25) is 14.2 Å². The van der Waals surface area contributed by atoms with E-state index >= 15 is 0 Å². The summed E-state index contributed by atoms with van der Waals surface area (Å²) < 4.78 is 6.77. The molecule has 0 atom stereocenters. The van der Waals surface area contributed by atoms with Gasteiger partial charge in [0.25, 0.3) is 5.56 Å². The molecule has 0 aliphatic carbocycles. The number of fused-ring (bicyclic) bond motifs is 1. The molecule has 0 amide bonds. The lowest BCUT2D eigenvalue weighted by atomic mass is 10.2. The number of aromatic nitrogens is 2. The van der Waals surface area contributed by atoms with Gasteiger partial charge in [-0.25, -0.2) is 4.98 Å². The first kappa shape index (κ1) is 20.7. The zero-order valence-corrected chi connectivity index (χ0v) is 17.9. The van der Waals surface area contributed by atoms with Crippen molar-refractivity contribution in [1.29, 1.82) is 0 Å². The predicted molar refractivity (Wildman–Crippen MR) is 114 cm³/mol. The first-order valence-electron chi connectivity index (χ1n) is 8.47. The van der Waals surface area contributed by atoms with Gasteiger partial charge in [0.05, 0.1) is 32.4 Å². The number of esters is 1. The maximum absolute atomic E-state index is 13.1. The average Bonchev–Trinajstić information content (AvgIpc) is 2.61. The lowest BCUT2D eigenvalue weighted by Crippen LogP contribution is -2.26. The Morgan fingerprint density at radius 2 is 1.86 bits per heavy atom. The summed E-state index contributed by atoms with van der Waals surface area (Å²) in [5.74, 6) is -0.371. The molecule has 3 rings (SSSR count). The van der Waals surface area contributed by atoms with Crippen molar-refractivity contribution in [2.75, 3.05) is 5.75 Å². The van der Waals surface area contributed by atoms with E-state index in [9.17, 15) is 9.59 Å². The molecule has 0 unspecified atom stereocenters. The maximum Gasteiger partial charge on any atom is 0.316 e. The molecule has 2 aromatic carbocycles. The van der Waals surface area contributed by atoms with Crippen LogP contribution in [0.15, 0.2) is 52.4 Å². The SMILES string of the molecule is CC(C)(C)OC(=O)CSc1nc2ccccc2c(=O)n1-c1ccc(Cl)c(Cl)c1. The Balaban J connectivity index is 2.08. The van der Waals surface area contributed by atoms with Crippen LogP contribution in [-0.2, 0) is 9.53 Å². The second-order valence-electron chi connectivity index (χ2n) is 7.03. The first-order valence-corrected chi connectivity index (χ1v) is 10.2. The summed E-state index contributed by atoms with van der Waals surface area (Å²) >= 11 is 13.3. The highest BCUT2D eigenvalue weighted by atomic mass is 35.5. The summed E-state index contributed by atoms with van der Waals surface area (Å²) in [6, 6.07) is 11.9. The van der Waals surface area contributed by atoms with E-state index in [4.69, 9.17) is 27.9 Å². The van der Waals surface area contributed by atoms with Crippen LogP contribution in [-0.4, -0.2) is 26.9 Å². The molecule has 5 nitrogen and oxygen atoms in total. The zero-order chi connectivity index (χ0) is 20.5. The molecule has 28 heavy (non-hydrogen) atoms. The molecule has 0 radical (unpaired) electrons. The van der Waals surface area contributed by atoms with E-state index < -0.39 is 5.60 Å². The molecule has 8 heteroatoms. The van der Waals surface area contributed by atoms with E-state index in [-0.39, 0.29) is 17.3 Å². The van der Waals surface area contributed by atoms with E-state index in [1.165, 1.54) is 4.57 Å². The molecule has 0 fully saturated rings. The topological polar surface area (TPSA) is 61.2 Å². The molecule has 0 aliphatic rings. The highest BCUT2D eigenvalue weighted by Gasteiger charge is 2.19. The van der Waals surface area contributed by atoms with Crippen molar-refractivity contribution in [2.24, 2.45) is 0 Å². The zero-order valence-electron chi connectivity index (χ0n) is 15.5. The Kier molecular flexibility index (Phi) is 6.03. The van der Waals surface area contributed by atoms with E-state index in [2.05, 4.69) is 4.98 Å². The molecule has 0 bridgehead atoms. The highest BCUT2D eigenvalue weighted by molar-refractivity contribution is 7.99. The van der Waals surface area contributed by atoms with E-state index in [0.29, 0.717) is 31.8 Å². The van der Waals surface area contributed by atoms with E-state index in [1.807, 2.05) is 0 Å². The molecule has 0 saturated heterocycles. The van der Waals surface area contributed by atoms with Gasteiger partial charge in [0.15, 0.2) is 5.16 Å². The number of nitrogens with zero attached hydrogens (tertiary/aromatic N) is 2. The van der Waals surface area contributed by atoms with Crippen LogP contribution in [0.5, 0.6) is 0 Å². The number of halogens is 2. The standard InChI is InChI=1S/C20H18Cl2N2O3S/c1-20(2,3)27-17(25)11-28-19-23-16-7-5-4-6-13(16)18(26)24(19)12-8-9-14(21)15(22)10-12/h4-10H,11H2,1-3H3. The molecular formula is C20H18Cl2N2O3S. The Bertz CT molecular complexity index is 1110. The van der Waals surface area contributed by atoms with Gasteiger partial charge >= 0.3 is 5.97 Å². The van der Waals surface area contributed by atoms with Crippen molar-refractivity contribution in [3.63, 3.8) is 0 Å². The molecule has 1 heterocycles. The van der Waals surface area contributed by atoms with E-state index in [0.717, 1.165) is 11.8 Å². The third kappa shape index (κ3) is 4.69. The van der Waals surface area contributed by atoms with Crippen LogP contribution in [0.4, 0.5) is 0 Å². The van der Waals surface area contributed by atoms with Crippen LogP contribution in [0.2, 0.25) is 10.0 Å². The second kappa shape index (κ2) is 8.15. The number of carbonyl (C=O) groups excluding carboxylic acids is 1. The highest BCUT2D eigenvalue weighted by Crippen LogP contribution is 2.27. The van der Waals surface area contributed by atoms with Crippen molar-refractivity contribution >= 4 is 51.8 Å². The van der Waals surface area contributed by atoms with Gasteiger partial charge in [-0.2, -0.15) is 0 Å². The Labute approximate surface area is 176 Å². The Morgan fingerprint density at radius 1 is 1.14 bits per heavy atom. The number of ether oxygens (including phenoxy) is 1. The summed E-state index contributed by atoms with van der Waals surface area (Å²) in [6.07, 6.45) is 0. The van der Waals surface area contributed by atoms with Crippen LogP contribution < -0.4 is 5.56 Å². The van der Waals surface area contributed by atoms with Crippen molar-refractivity contribution in [3.05, 3.63) is 62.9 Å². The number of rotatable bonds is 4. The number of carbonyl (C=O) groups is 1. The summed E-state index contributed by atoms with van der Waals surface area (Å²) in [4.78, 5) is 29.8. The van der Waals surface area contributed by atoms with Gasteiger partial charge in [0, 0.05) is 0 Å². The second-order valence-corrected chi connectivity index (χ2v) is 8.78. The van der Waals surface area contributed by atoms with Gasteiger partial charge in [-0.05, 0) is 51.1 Å². The minimum Gasteiger partial charge on any atom is -0.459 e. The quantitative estimate of drug-likeness (QED) is 0.322. The molecule has 1 aromatic heterocycles. The van der Waals surface area contributed by atoms with Crippen LogP contribution >= 0.6 is 35.0 Å². The monoisotopic (exact) mass is 436 g/mol. The summed E-state index contributed by atoms with van der Waals surface area (Å²) in [5.41, 5.74) is 0.230. The molecule has 0 spiro atoms. The molecule has 0 saturated carbocycles. The van der Waals surface area contributed by atoms with Gasteiger partial charge in [0.2, 0.25) is 0 Å². The fourth-order valence-electron chi connectivity index (χ4n) is 2.56. The molecule has 3 aromatic rings. The summed E-state index contributed by atoms with van der Waals surface area (Å²) in [5, 5.41) is 1.54. The maximum atomic E-state index is 13.1. The smallest absolute Gasteiger partial charge is 0.316 e. The molecule has 0 aliphatic heterocycles. The number of thioether (sulfide) groups is 1. The molecule has 0 N–H and O–H groups in total. The summed E-state index contributed by atoms with van der Waals surface area (Å²) in [6.45, 7) is 5.40. The van der Waals surface area contributed by atoms with Crippen molar-refractivity contribution in [2.45, 2.75) is 31.5 Å². The largest absolute Gasteiger partial charge is 0.459 e. The van der Waals surface area contributed by atoms with Crippen LogP contribution in [0.1, 0.15) is 20.8 Å². The van der Waals surface area contributed by atoms with Gasteiger partial charge in [-0.15, -0.1) is 0 Å². The lowest BCUT2D eigenvalue weighted by Gasteiger charge is -2.19. The molecular weight excluding hydrogens is 419 g/mol. The van der Waals surface area contributed by atoms with Crippen molar-refractivity contribution < 1.29 is 9.53 Å².